The molecule has 4 nitrogen and oxygen atoms in total. The standard InChI is InChI=1S/C21H22F4N2O2S/c1-13-10-11-17(30-13)18(19(28)26-15-7-3-2-4-8-15)27(20(29)21(23,24)25)16-9-5-6-14(22)12-16/h5-6,9-12,15,18H,2-4,7-8H2,1H3,(H,26,28). The number of alkyl halides is 3. The van der Waals surface area contributed by atoms with Gasteiger partial charge >= 0.3 is 12.1 Å². The summed E-state index contributed by atoms with van der Waals surface area (Å²) in [6.07, 6.45) is -0.889. The van der Waals surface area contributed by atoms with Crippen LogP contribution < -0.4 is 10.2 Å². The van der Waals surface area contributed by atoms with E-state index in [1.54, 1.807) is 13.0 Å². The van der Waals surface area contributed by atoms with Gasteiger partial charge < -0.3 is 5.32 Å². The maximum absolute atomic E-state index is 13.8. The molecule has 9 heteroatoms. The zero-order valence-corrected chi connectivity index (χ0v) is 17.2. The molecular weight excluding hydrogens is 420 g/mol. The van der Waals surface area contributed by atoms with E-state index < -0.39 is 29.8 Å². The molecular formula is C21H22F4N2O2S. The van der Waals surface area contributed by atoms with Gasteiger partial charge in [-0.15, -0.1) is 11.3 Å². The Bertz CT molecular complexity index is 906. The molecule has 0 bridgehead atoms. The molecule has 162 valence electrons. The predicted molar refractivity (Wildman–Crippen MR) is 107 cm³/mol. The molecule has 3 rings (SSSR count). The molecule has 1 atom stereocenters. The van der Waals surface area contributed by atoms with Crippen LogP contribution >= 0.6 is 11.3 Å². The first-order chi connectivity index (χ1) is 14.2. The lowest BCUT2D eigenvalue weighted by molar-refractivity contribution is -0.171. The lowest BCUT2D eigenvalue weighted by Crippen LogP contribution is -2.50. The molecule has 2 aromatic rings. The summed E-state index contributed by atoms with van der Waals surface area (Å²) >= 11 is 1.13. The van der Waals surface area contributed by atoms with E-state index in [9.17, 15) is 27.2 Å². The van der Waals surface area contributed by atoms with Crippen LogP contribution in [0, 0.1) is 12.7 Å². The number of aryl methyl sites for hydroxylation is 1. The molecule has 1 aromatic heterocycles. The first kappa shape index (κ1) is 22.3. The normalized spacial score (nSPS) is 16.2. The third-order valence-electron chi connectivity index (χ3n) is 5.04. The van der Waals surface area contributed by atoms with Crippen LogP contribution in [0.5, 0.6) is 0 Å². The van der Waals surface area contributed by atoms with Gasteiger partial charge in [-0.3, -0.25) is 14.5 Å². The van der Waals surface area contributed by atoms with E-state index in [-0.39, 0.29) is 16.6 Å². The van der Waals surface area contributed by atoms with Crippen LogP contribution in [0.4, 0.5) is 23.2 Å². The van der Waals surface area contributed by atoms with Crippen LogP contribution in [0.25, 0.3) is 0 Å². The molecule has 30 heavy (non-hydrogen) atoms. The van der Waals surface area contributed by atoms with Crippen molar-refractivity contribution in [2.45, 2.75) is 57.3 Å². The van der Waals surface area contributed by atoms with Crippen molar-refractivity contribution in [3.8, 4) is 0 Å². The minimum Gasteiger partial charge on any atom is -0.351 e. The second-order valence-electron chi connectivity index (χ2n) is 7.35. The second-order valence-corrected chi connectivity index (χ2v) is 8.67. The van der Waals surface area contributed by atoms with E-state index in [0.29, 0.717) is 4.90 Å². The third-order valence-corrected chi connectivity index (χ3v) is 6.09. The highest BCUT2D eigenvalue weighted by atomic mass is 32.1. The van der Waals surface area contributed by atoms with Crippen LogP contribution in [0.3, 0.4) is 0 Å². The number of amides is 2. The maximum Gasteiger partial charge on any atom is 0.471 e. The Morgan fingerprint density at radius 1 is 1.13 bits per heavy atom. The molecule has 0 saturated heterocycles. The zero-order chi connectivity index (χ0) is 21.9. The van der Waals surface area contributed by atoms with Crippen LogP contribution in [0.2, 0.25) is 0 Å². The van der Waals surface area contributed by atoms with Crippen molar-refractivity contribution in [2.75, 3.05) is 4.90 Å². The molecule has 1 saturated carbocycles. The first-order valence-electron chi connectivity index (χ1n) is 9.69. The van der Waals surface area contributed by atoms with E-state index in [1.807, 2.05) is 0 Å². The molecule has 0 radical (unpaired) electrons. The van der Waals surface area contributed by atoms with E-state index in [4.69, 9.17) is 0 Å². The van der Waals surface area contributed by atoms with Gasteiger partial charge in [-0.05, 0) is 50.1 Å². The van der Waals surface area contributed by atoms with Gasteiger partial charge in [0.15, 0.2) is 6.04 Å². The molecule has 1 unspecified atom stereocenters. The predicted octanol–water partition coefficient (Wildman–Crippen LogP) is 5.28. The molecule has 1 aromatic carbocycles. The van der Waals surface area contributed by atoms with E-state index in [2.05, 4.69) is 5.32 Å². The summed E-state index contributed by atoms with van der Waals surface area (Å²) in [4.78, 5) is 27.0. The largest absolute Gasteiger partial charge is 0.471 e. The Labute approximate surface area is 175 Å². The summed E-state index contributed by atoms with van der Waals surface area (Å²) in [7, 11) is 0. The van der Waals surface area contributed by atoms with E-state index in [0.717, 1.165) is 60.5 Å². The fourth-order valence-electron chi connectivity index (χ4n) is 3.65. The quantitative estimate of drug-likeness (QED) is 0.641. The molecule has 0 spiro atoms. The van der Waals surface area contributed by atoms with Crippen LogP contribution in [0.15, 0.2) is 36.4 Å². The van der Waals surface area contributed by atoms with Crippen LogP contribution in [-0.2, 0) is 9.59 Å². The van der Waals surface area contributed by atoms with Gasteiger partial charge in [0.1, 0.15) is 5.82 Å². The van der Waals surface area contributed by atoms with Crippen LogP contribution in [-0.4, -0.2) is 24.0 Å². The number of anilines is 1. The van der Waals surface area contributed by atoms with Crippen molar-refractivity contribution in [1.29, 1.82) is 0 Å². The summed E-state index contributed by atoms with van der Waals surface area (Å²) in [5.74, 6) is -3.73. The van der Waals surface area contributed by atoms with Gasteiger partial charge in [0, 0.05) is 21.5 Å². The number of hydrogen-bond acceptors (Lipinski definition) is 3. The van der Waals surface area contributed by atoms with Gasteiger partial charge in [-0.2, -0.15) is 13.2 Å². The Morgan fingerprint density at radius 2 is 1.83 bits per heavy atom. The number of carbonyl (C=O) groups is 2. The molecule has 1 heterocycles. The smallest absolute Gasteiger partial charge is 0.351 e. The monoisotopic (exact) mass is 442 g/mol. The Hall–Kier alpha value is -2.42. The maximum atomic E-state index is 13.8. The SMILES string of the molecule is Cc1ccc(C(C(=O)NC2CCCCC2)N(C(=O)C(F)(F)F)c2cccc(F)c2)s1. The second kappa shape index (κ2) is 9.16. The van der Waals surface area contributed by atoms with Crippen molar-refractivity contribution in [1.82, 2.24) is 5.32 Å². The average molecular weight is 442 g/mol. The lowest BCUT2D eigenvalue weighted by Gasteiger charge is -2.33. The minimum atomic E-state index is -5.23. The Balaban J connectivity index is 2.06. The van der Waals surface area contributed by atoms with Gasteiger partial charge in [0.2, 0.25) is 5.91 Å². The minimum absolute atomic E-state index is 0.162. The van der Waals surface area contributed by atoms with E-state index in [1.165, 1.54) is 18.2 Å². The molecule has 0 aliphatic heterocycles. The zero-order valence-electron chi connectivity index (χ0n) is 16.3. The summed E-state index contributed by atoms with van der Waals surface area (Å²) in [6, 6.07) is 5.76. The van der Waals surface area contributed by atoms with Gasteiger partial charge in [-0.1, -0.05) is 25.3 Å². The molecule has 1 aliphatic rings. The van der Waals surface area contributed by atoms with Gasteiger partial charge in [0.05, 0.1) is 0 Å². The number of thiophene rings is 1. The van der Waals surface area contributed by atoms with Crippen molar-refractivity contribution in [2.24, 2.45) is 0 Å². The number of carbonyl (C=O) groups excluding carboxylic acids is 2. The summed E-state index contributed by atoms with van der Waals surface area (Å²) in [5, 5.41) is 2.81. The number of hydrogen-bond donors (Lipinski definition) is 1. The highest BCUT2D eigenvalue weighted by Crippen LogP contribution is 2.36. The topological polar surface area (TPSA) is 49.4 Å². The molecule has 1 N–H and O–H groups in total. The highest BCUT2D eigenvalue weighted by molar-refractivity contribution is 7.12. The number of nitrogens with zero attached hydrogens (tertiary/aromatic N) is 1. The van der Waals surface area contributed by atoms with Gasteiger partial charge in [-0.25, -0.2) is 4.39 Å². The van der Waals surface area contributed by atoms with Crippen LogP contribution in [0.1, 0.15) is 47.9 Å². The summed E-state index contributed by atoms with van der Waals surface area (Å²) < 4.78 is 54.2. The lowest BCUT2D eigenvalue weighted by atomic mass is 9.95. The van der Waals surface area contributed by atoms with Crippen molar-refractivity contribution >= 4 is 28.8 Å². The van der Waals surface area contributed by atoms with Crippen molar-refractivity contribution < 1.29 is 27.2 Å². The Morgan fingerprint density at radius 3 is 2.40 bits per heavy atom. The number of nitrogens with one attached hydrogen (secondary N) is 1. The summed E-state index contributed by atoms with van der Waals surface area (Å²) in [5.41, 5.74) is -0.327. The fraction of sp³-hybridized carbons (Fsp3) is 0.429. The van der Waals surface area contributed by atoms with Gasteiger partial charge in [0.25, 0.3) is 0 Å². The average Bonchev–Trinajstić information content (AvgIpc) is 3.11. The first-order valence-corrected chi connectivity index (χ1v) is 10.5. The molecule has 1 aliphatic carbocycles. The van der Waals surface area contributed by atoms with E-state index >= 15 is 0 Å². The van der Waals surface area contributed by atoms with Crippen molar-refractivity contribution in [3.63, 3.8) is 0 Å². The Kier molecular flexibility index (Phi) is 6.80. The summed E-state index contributed by atoms with van der Waals surface area (Å²) in [6.45, 7) is 1.75. The fourth-order valence-corrected chi connectivity index (χ4v) is 4.62. The third kappa shape index (κ3) is 5.19. The highest BCUT2D eigenvalue weighted by Gasteiger charge is 2.48. The number of halogens is 4. The number of rotatable bonds is 5. The molecule has 1 fully saturated rings. The number of benzene rings is 1. The molecule has 2 amide bonds. The van der Waals surface area contributed by atoms with Crippen molar-refractivity contribution in [3.05, 3.63) is 52.0 Å².